The molecule has 0 amide bonds. The summed E-state index contributed by atoms with van der Waals surface area (Å²) >= 11 is 0. The van der Waals surface area contributed by atoms with Crippen molar-refractivity contribution >= 4 is 5.65 Å². The van der Waals surface area contributed by atoms with Gasteiger partial charge in [0.1, 0.15) is 5.65 Å². The van der Waals surface area contributed by atoms with E-state index in [0.29, 0.717) is 6.54 Å². The molecular formula is C10H11N5. The van der Waals surface area contributed by atoms with Gasteiger partial charge in [0.15, 0.2) is 0 Å². The summed E-state index contributed by atoms with van der Waals surface area (Å²) in [5.74, 6) is 0. The number of rotatable bonds is 2. The number of imidazole rings is 1. The Kier molecular flexibility index (Phi) is 2.31. The van der Waals surface area contributed by atoms with E-state index in [4.69, 9.17) is 5.53 Å². The molecular weight excluding hydrogens is 190 g/mol. The van der Waals surface area contributed by atoms with Crippen LogP contribution in [-0.4, -0.2) is 9.38 Å². The molecule has 15 heavy (non-hydrogen) atoms. The second-order valence-corrected chi connectivity index (χ2v) is 3.52. The summed E-state index contributed by atoms with van der Waals surface area (Å²) in [6.07, 6.45) is 1.90. The van der Waals surface area contributed by atoms with Gasteiger partial charge in [-0.2, -0.15) is 0 Å². The Labute approximate surface area is 87.0 Å². The predicted molar refractivity (Wildman–Crippen MR) is 57.5 cm³/mol. The van der Waals surface area contributed by atoms with E-state index in [1.54, 1.807) is 0 Å². The van der Waals surface area contributed by atoms with Crippen LogP contribution in [0.4, 0.5) is 0 Å². The molecule has 2 rings (SSSR count). The lowest BCUT2D eigenvalue weighted by atomic mass is 10.2. The van der Waals surface area contributed by atoms with Crippen molar-refractivity contribution in [3.63, 3.8) is 0 Å². The zero-order chi connectivity index (χ0) is 10.8. The first-order valence-electron chi connectivity index (χ1n) is 4.67. The highest BCUT2D eigenvalue weighted by Gasteiger charge is 2.02. The largest absolute Gasteiger partial charge is 0.304 e. The van der Waals surface area contributed by atoms with E-state index in [2.05, 4.69) is 21.1 Å². The van der Waals surface area contributed by atoms with E-state index in [9.17, 15) is 0 Å². The Morgan fingerprint density at radius 1 is 1.47 bits per heavy atom. The molecule has 0 bridgehead atoms. The van der Waals surface area contributed by atoms with Gasteiger partial charge < -0.3 is 4.40 Å². The summed E-state index contributed by atoms with van der Waals surface area (Å²) < 4.78 is 2.00. The molecule has 0 N–H and O–H groups in total. The van der Waals surface area contributed by atoms with Gasteiger partial charge in [0.25, 0.3) is 0 Å². The number of azide groups is 1. The van der Waals surface area contributed by atoms with E-state index in [-0.39, 0.29) is 0 Å². The number of hydrogen-bond donors (Lipinski definition) is 0. The summed E-state index contributed by atoms with van der Waals surface area (Å²) in [6, 6.07) is 4.10. The quantitative estimate of drug-likeness (QED) is 0.418. The number of nitrogens with zero attached hydrogens (tertiary/aromatic N) is 5. The Balaban J connectivity index is 2.55. The zero-order valence-corrected chi connectivity index (χ0v) is 8.68. The molecule has 0 spiro atoms. The highest BCUT2D eigenvalue weighted by Crippen LogP contribution is 2.12. The van der Waals surface area contributed by atoms with Crippen molar-refractivity contribution in [2.24, 2.45) is 5.11 Å². The third-order valence-electron chi connectivity index (χ3n) is 2.25. The number of aromatic nitrogens is 2. The van der Waals surface area contributed by atoms with Gasteiger partial charge in [0.2, 0.25) is 0 Å². The fraction of sp³-hybridized carbons (Fsp3) is 0.300. The smallest absolute Gasteiger partial charge is 0.137 e. The first kappa shape index (κ1) is 9.55. The van der Waals surface area contributed by atoms with E-state index >= 15 is 0 Å². The van der Waals surface area contributed by atoms with Crippen molar-refractivity contribution < 1.29 is 0 Å². The third-order valence-corrected chi connectivity index (χ3v) is 2.25. The maximum absolute atomic E-state index is 8.22. The lowest BCUT2D eigenvalue weighted by Gasteiger charge is -1.99. The van der Waals surface area contributed by atoms with Crippen molar-refractivity contribution in [3.05, 3.63) is 45.7 Å². The van der Waals surface area contributed by atoms with Crippen LogP contribution in [0.25, 0.3) is 16.1 Å². The van der Waals surface area contributed by atoms with Crippen LogP contribution in [0.15, 0.2) is 23.4 Å². The van der Waals surface area contributed by atoms with Crippen LogP contribution in [0, 0.1) is 13.8 Å². The normalized spacial score (nSPS) is 10.3. The van der Waals surface area contributed by atoms with Gasteiger partial charge >= 0.3 is 0 Å². The summed E-state index contributed by atoms with van der Waals surface area (Å²) in [4.78, 5) is 7.09. The molecule has 0 aliphatic rings. The molecule has 0 radical (unpaired) electrons. The van der Waals surface area contributed by atoms with Gasteiger partial charge in [-0.25, -0.2) is 4.98 Å². The second kappa shape index (κ2) is 3.63. The Morgan fingerprint density at radius 3 is 3.00 bits per heavy atom. The highest BCUT2D eigenvalue weighted by atomic mass is 15.1. The van der Waals surface area contributed by atoms with Crippen LogP contribution < -0.4 is 0 Å². The van der Waals surface area contributed by atoms with Gasteiger partial charge in [-0.15, -0.1) is 0 Å². The minimum absolute atomic E-state index is 0.302. The van der Waals surface area contributed by atoms with Crippen LogP contribution in [0.5, 0.6) is 0 Å². The molecule has 2 heterocycles. The first-order valence-corrected chi connectivity index (χ1v) is 4.67. The van der Waals surface area contributed by atoms with Crippen molar-refractivity contribution in [1.82, 2.24) is 9.38 Å². The topological polar surface area (TPSA) is 66.1 Å². The molecule has 0 saturated heterocycles. The Bertz CT molecular complexity index is 548. The number of pyridine rings is 1. The van der Waals surface area contributed by atoms with Crippen LogP contribution in [0.2, 0.25) is 0 Å². The SMILES string of the molecule is Cc1cc(C)n2cc(CN=[N+]=[N-])nc2c1. The molecule has 5 heteroatoms. The van der Waals surface area contributed by atoms with Crippen molar-refractivity contribution in [3.8, 4) is 0 Å². The second-order valence-electron chi connectivity index (χ2n) is 3.52. The number of fused-ring (bicyclic) bond motifs is 1. The van der Waals surface area contributed by atoms with E-state index < -0.39 is 0 Å². The van der Waals surface area contributed by atoms with Gasteiger partial charge in [-0.1, -0.05) is 5.11 Å². The molecule has 2 aromatic rings. The number of hydrogen-bond acceptors (Lipinski definition) is 2. The lowest BCUT2D eigenvalue weighted by Crippen LogP contribution is -1.89. The standard InChI is InChI=1S/C10H11N5/c1-7-3-8(2)15-6-9(5-12-14-11)13-10(15)4-7/h3-4,6H,5H2,1-2H3. The molecule has 0 atom stereocenters. The molecule has 0 fully saturated rings. The Hall–Kier alpha value is -2.00. The van der Waals surface area contributed by atoms with Crippen molar-refractivity contribution in [2.75, 3.05) is 0 Å². The van der Waals surface area contributed by atoms with Gasteiger partial charge in [-0.05, 0) is 37.1 Å². The van der Waals surface area contributed by atoms with E-state index in [0.717, 1.165) is 17.0 Å². The predicted octanol–water partition coefficient (Wildman–Crippen LogP) is 2.76. The molecule has 0 unspecified atom stereocenters. The number of aryl methyl sites for hydroxylation is 2. The summed E-state index contributed by atoms with van der Waals surface area (Å²) in [6.45, 7) is 4.37. The minimum Gasteiger partial charge on any atom is -0.304 e. The fourth-order valence-electron chi connectivity index (χ4n) is 1.65. The maximum Gasteiger partial charge on any atom is 0.137 e. The molecule has 0 aromatic carbocycles. The summed E-state index contributed by atoms with van der Waals surface area (Å²) in [5, 5.41) is 3.49. The summed E-state index contributed by atoms with van der Waals surface area (Å²) in [5.41, 5.74) is 12.2. The molecule has 0 saturated carbocycles. The molecule has 2 aromatic heterocycles. The third kappa shape index (κ3) is 1.78. The molecule has 76 valence electrons. The molecule has 5 nitrogen and oxygen atoms in total. The monoisotopic (exact) mass is 201 g/mol. The van der Waals surface area contributed by atoms with Crippen molar-refractivity contribution in [2.45, 2.75) is 20.4 Å². The van der Waals surface area contributed by atoms with Crippen LogP contribution >= 0.6 is 0 Å². The molecule has 0 aliphatic carbocycles. The van der Waals surface area contributed by atoms with Gasteiger partial charge in [0, 0.05) is 16.8 Å². The lowest BCUT2D eigenvalue weighted by molar-refractivity contribution is 0.995. The minimum atomic E-state index is 0.302. The first-order chi connectivity index (χ1) is 7.20. The van der Waals surface area contributed by atoms with Crippen molar-refractivity contribution in [1.29, 1.82) is 0 Å². The maximum atomic E-state index is 8.22. The highest BCUT2D eigenvalue weighted by molar-refractivity contribution is 5.44. The van der Waals surface area contributed by atoms with Gasteiger partial charge in [0.05, 0.1) is 12.2 Å². The van der Waals surface area contributed by atoms with Crippen LogP contribution in [0.3, 0.4) is 0 Å². The Morgan fingerprint density at radius 2 is 2.27 bits per heavy atom. The van der Waals surface area contributed by atoms with E-state index in [1.165, 1.54) is 5.56 Å². The van der Waals surface area contributed by atoms with Gasteiger partial charge in [-0.3, -0.25) is 0 Å². The average molecular weight is 201 g/mol. The summed E-state index contributed by atoms with van der Waals surface area (Å²) in [7, 11) is 0. The zero-order valence-electron chi connectivity index (χ0n) is 8.68. The average Bonchev–Trinajstić information content (AvgIpc) is 2.57. The van der Waals surface area contributed by atoms with E-state index in [1.807, 2.05) is 30.5 Å². The fourth-order valence-corrected chi connectivity index (χ4v) is 1.65. The van der Waals surface area contributed by atoms with Crippen LogP contribution in [0.1, 0.15) is 17.0 Å². The van der Waals surface area contributed by atoms with Crippen LogP contribution in [-0.2, 0) is 6.54 Å². The molecule has 0 aliphatic heterocycles.